The molecule has 156 valence electrons. The number of benzene rings is 2. The molecule has 4 nitrogen and oxygen atoms in total. The van der Waals surface area contributed by atoms with Crippen LogP contribution < -0.4 is 0 Å². The predicted octanol–water partition coefficient (Wildman–Crippen LogP) is 6.03. The number of ether oxygens (including phenoxy) is 1. The maximum atomic E-state index is 12.5. The molecule has 0 saturated carbocycles. The van der Waals surface area contributed by atoms with E-state index in [1.54, 1.807) is 4.90 Å². The van der Waals surface area contributed by atoms with Crippen LogP contribution in [0.25, 0.3) is 0 Å². The summed E-state index contributed by atoms with van der Waals surface area (Å²) in [6.45, 7) is 4.13. The van der Waals surface area contributed by atoms with Gasteiger partial charge in [0.15, 0.2) is 0 Å². The zero-order valence-electron chi connectivity index (χ0n) is 17.0. The topological polar surface area (TPSA) is 32.8 Å². The number of carbonyl (C=O) groups excluding carboxylic acids is 1. The third-order valence-corrected chi connectivity index (χ3v) is 5.83. The lowest BCUT2D eigenvalue weighted by Gasteiger charge is -2.42. The van der Waals surface area contributed by atoms with E-state index in [-0.39, 0.29) is 18.2 Å². The van der Waals surface area contributed by atoms with Gasteiger partial charge in [0.2, 0.25) is 0 Å². The minimum Gasteiger partial charge on any atom is -0.362 e. The molecule has 1 heterocycles. The van der Waals surface area contributed by atoms with Crippen LogP contribution in [0.4, 0.5) is 4.79 Å². The molecule has 2 aromatic rings. The van der Waals surface area contributed by atoms with Gasteiger partial charge in [0.05, 0.1) is 19.2 Å². The summed E-state index contributed by atoms with van der Waals surface area (Å²) in [5, 5.41) is 1.34. The molecule has 1 unspecified atom stereocenters. The smallest absolute Gasteiger partial charge is 0.319 e. The third kappa shape index (κ3) is 5.65. The summed E-state index contributed by atoms with van der Waals surface area (Å²) in [4.78, 5) is 16.2. The van der Waals surface area contributed by atoms with Gasteiger partial charge in [-0.05, 0) is 30.2 Å². The number of rotatable bonds is 8. The molecule has 0 aliphatic carbocycles. The number of unbranched alkanes of at least 4 members (excludes halogenated alkanes) is 2. The maximum Gasteiger partial charge on any atom is 0.319 e. The lowest BCUT2D eigenvalue weighted by Crippen LogP contribution is -2.58. The zero-order valence-corrected chi connectivity index (χ0v) is 18.5. The Morgan fingerprint density at radius 1 is 1.14 bits per heavy atom. The van der Waals surface area contributed by atoms with E-state index < -0.39 is 0 Å². The van der Waals surface area contributed by atoms with Gasteiger partial charge in [-0.1, -0.05) is 73.3 Å². The standard InChI is InChI=1S/C23H28Cl2N2O2/c1-3-4-7-14-26(2)23(28)27-15-19(16-27)29-22(17-10-12-18(24)13-11-17)20-8-5-6-9-21(20)25/h5-6,8-13,19,22H,3-4,7,14-16H2,1-2H3. The second-order valence-corrected chi connectivity index (χ2v) is 8.37. The molecule has 1 aliphatic rings. The highest BCUT2D eigenvalue weighted by Crippen LogP contribution is 2.34. The molecular formula is C23H28Cl2N2O2. The first-order valence-corrected chi connectivity index (χ1v) is 10.9. The Kier molecular flexibility index (Phi) is 7.82. The Balaban J connectivity index is 1.64. The number of likely N-dealkylation sites (tertiary alicyclic amines) is 1. The van der Waals surface area contributed by atoms with Gasteiger partial charge in [-0.25, -0.2) is 4.79 Å². The fourth-order valence-corrected chi connectivity index (χ4v) is 3.83. The van der Waals surface area contributed by atoms with E-state index in [2.05, 4.69) is 6.92 Å². The minimum atomic E-state index is -0.300. The Bertz CT molecular complexity index is 807. The van der Waals surface area contributed by atoms with Crippen molar-refractivity contribution in [3.8, 4) is 0 Å². The van der Waals surface area contributed by atoms with E-state index in [1.165, 1.54) is 0 Å². The van der Waals surface area contributed by atoms with Gasteiger partial charge in [0.1, 0.15) is 6.10 Å². The first-order valence-electron chi connectivity index (χ1n) is 10.1. The quantitative estimate of drug-likeness (QED) is 0.475. The molecule has 3 rings (SSSR count). The number of hydrogen-bond acceptors (Lipinski definition) is 2. The summed E-state index contributed by atoms with van der Waals surface area (Å²) in [5.74, 6) is 0. The van der Waals surface area contributed by atoms with Gasteiger partial charge in [-0.2, -0.15) is 0 Å². The monoisotopic (exact) mass is 434 g/mol. The van der Waals surface area contributed by atoms with Crippen molar-refractivity contribution < 1.29 is 9.53 Å². The molecule has 0 aromatic heterocycles. The van der Waals surface area contributed by atoms with Crippen LogP contribution in [0.2, 0.25) is 10.0 Å². The first-order chi connectivity index (χ1) is 14.0. The van der Waals surface area contributed by atoms with Crippen molar-refractivity contribution in [1.82, 2.24) is 9.80 Å². The van der Waals surface area contributed by atoms with Gasteiger partial charge in [-0.3, -0.25) is 0 Å². The number of hydrogen-bond donors (Lipinski definition) is 0. The summed E-state index contributed by atoms with van der Waals surface area (Å²) in [7, 11) is 1.87. The molecule has 1 atom stereocenters. The Morgan fingerprint density at radius 3 is 2.48 bits per heavy atom. The number of carbonyl (C=O) groups is 1. The van der Waals surface area contributed by atoms with Crippen LogP contribution in [0.15, 0.2) is 48.5 Å². The Hall–Kier alpha value is -1.75. The highest BCUT2D eigenvalue weighted by molar-refractivity contribution is 6.31. The van der Waals surface area contributed by atoms with Gasteiger partial charge in [0, 0.05) is 29.2 Å². The van der Waals surface area contributed by atoms with Crippen LogP contribution in [-0.4, -0.2) is 48.6 Å². The van der Waals surface area contributed by atoms with Crippen LogP contribution in [0.5, 0.6) is 0 Å². The van der Waals surface area contributed by atoms with Crippen molar-refractivity contribution in [2.45, 2.75) is 38.4 Å². The lowest BCUT2D eigenvalue weighted by molar-refractivity contribution is -0.0680. The van der Waals surface area contributed by atoms with Crippen molar-refractivity contribution in [3.63, 3.8) is 0 Å². The average molecular weight is 435 g/mol. The highest BCUT2D eigenvalue weighted by atomic mass is 35.5. The van der Waals surface area contributed by atoms with E-state index in [9.17, 15) is 4.79 Å². The van der Waals surface area contributed by atoms with Crippen molar-refractivity contribution in [1.29, 1.82) is 0 Å². The fourth-order valence-electron chi connectivity index (χ4n) is 3.47. The molecule has 0 N–H and O–H groups in total. The molecule has 2 aromatic carbocycles. The van der Waals surface area contributed by atoms with Crippen LogP contribution in [0, 0.1) is 0 Å². The summed E-state index contributed by atoms with van der Waals surface area (Å²) in [6, 6.07) is 15.4. The van der Waals surface area contributed by atoms with Crippen LogP contribution >= 0.6 is 23.2 Å². The van der Waals surface area contributed by atoms with E-state index >= 15 is 0 Å². The predicted molar refractivity (Wildman–Crippen MR) is 119 cm³/mol. The molecule has 1 fully saturated rings. The molecular weight excluding hydrogens is 407 g/mol. The molecule has 1 aliphatic heterocycles. The van der Waals surface area contributed by atoms with E-state index in [0.29, 0.717) is 23.1 Å². The van der Waals surface area contributed by atoms with Crippen molar-refractivity contribution in [3.05, 3.63) is 69.7 Å². The van der Waals surface area contributed by atoms with E-state index in [0.717, 1.165) is 36.9 Å². The number of amides is 2. The van der Waals surface area contributed by atoms with E-state index in [4.69, 9.17) is 27.9 Å². The van der Waals surface area contributed by atoms with Crippen molar-refractivity contribution >= 4 is 29.2 Å². The van der Waals surface area contributed by atoms with Gasteiger partial charge < -0.3 is 14.5 Å². The van der Waals surface area contributed by atoms with Crippen LogP contribution in [0.3, 0.4) is 0 Å². The SMILES string of the molecule is CCCCCN(C)C(=O)N1CC(OC(c2ccc(Cl)cc2)c2ccccc2Cl)C1. The van der Waals surface area contributed by atoms with Crippen LogP contribution in [0.1, 0.15) is 43.4 Å². The molecule has 1 saturated heterocycles. The number of nitrogens with zero attached hydrogens (tertiary/aromatic N) is 2. The molecule has 6 heteroatoms. The molecule has 2 amide bonds. The highest BCUT2D eigenvalue weighted by Gasteiger charge is 2.35. The molecule has 29 heavy (non-hydrogen) atoms. The Morgan fingerprint density at radius 2 is 1.83 bits per heavy atom. The Labute approximate surface area is 183 Å². The van der Waals surface area contributed by atoms with Gasteiger partial charge in [-0.15, -0.1) is 0 Å². The van der Waals surface area contributed by atoms with Gasteiger partial charge >= 0.3 is 6.03 Å². The number of urea groups is 1. The zero-order chi connectivity index (χ0) is 20.8. The third-order valence-electron chi connectivity index (χ3n) is 5.23. The largest absolute Gasteiger partial charge is 0.362 e. The maximum absolute atomic E-state index is 12.5. The summed E-state index contributed by atoms with van der Waals surface area (Å²) in [5.41, 5.74) is 1.90. The lowest BCUT2D eigenvalue weighted by atomic mass is 10.0. The molecule has 0 radical (unpaired) electrons. The normalized spacial score (nSPS) is 15.1. The molecule has 0 bridgehead atoms. The summed E-state index contributed by atoms with van der Waals surface area (Å²) >= 11 is 12.5. The minimum absolute atomic E-state index is 0.0278. The molecule has 0 spiro atoms. The van der Waals surface area contributed by atoms with Crippen LogP contribution in [-0.2, 0) is 4.74 Å². The summed E-state index contributed by atoms with van der Waals surface area (Å²) in [6.07, 6.45) is 3.00. The second kappa shape index (κ2) is 10.3. The van der Waals surface area contributed by atoms with Crippen molar-refractivity contribution in [2.75, 3.05) is 26.7 Å². The fraction of sp³-hybridized carbons (Fsp3) is 0.435. The average Bonchev–Trinajstić information content (AvgIpc) is 2.68. The van der Waals surface area contributed by atoms with E-state index in [1.807, 2.05) is 60.5 Å². The first kappa shape index (κ1) is 21.9. The van der Waals surface area contributed by atoms with Crippen molar-refractivity contribution in [2.24, 2.45) is 0 Å². The summed E-state index contributed by atoms with van der Waals surface area (Å²) < 4.78 is 6.40. The second-order valence-electron chi connectivity index (χ2n) is 7.53. The number of halogens is 2. The van der Waals surface area contributed by atoms with Gasteiger partial charge in [0.25, 0.3) is 0 Å².